The first-order chi connectivity index (χ1) is 12.3. The largest absolute Gasteiger partial charge is 0.490 e. The number of aromatic carboxylic acids is 1. The second-order valence-corrected chi connectivity index (χ2v) is 6.30. The van der Waals surface area contributed by atoms with E-state index in [0.717, 1.165) is 0 Å². The van der Waals surface area contributed by atoms with Crippen molar-refractivity contribution in [3.8, 4) is 5.75 Å². The highest BCUT2D eigenvalue weighted by molar-refractivity contribution is 5.90. The predicted molar refractivity (Wildman–Crippen MR) is 94.8 cm³/mol. The van der Waals surface area contributed by atoms with Crippen LogP contribution in [0.1, 0.15) is 31.1 Å². The molecule has 8 nitrogen and oxygen atoms in total. The predicted octanol–water partition coefficient (Wildman–Crippen LogP) is 2.32. The number of amides is 1. The van der Waals surface area contributed by atoms with Gasteiger partial charge in [0.05, 0.1) is 26.4 Å². The fraction of sp³-hybridized carbons (Fsp3) is 0.556. The molecule has 0 radical (unpaired) electrons. The van der Waals surface area contributed by atoms with Gasteiger partial charge in [0, 0.05) is 6.54 Å². The average Bonchev–Trinajstić information content (AvgIpc) is 2.55. The number of carboxylic acids is 1. The Morgan fingerprint density at radius 1 is 1.00 bits per heavy atom. The van der Waals surface area contributed by atoms with Gasteiger partial charge in [0.1, 0.15) is 23.5 Å². The fourth-order valence-corrected chi connectivity index (χ4v) is 1.84. The summed E-state index contributed by atoms with van der Waals surface area (Å²) in [6.07, 6.45) is -0.476. The van der Waals surface area contributed by atoms with Crippen molar-refractivity contribution < 1.29 is 33.6 Å². The summed E-state index contributed by atoms with van der Waals surface area (Å²) < 4.78 is 21.1. The molecular formula is C18H27NO7. The molecule has 1 amide bonds. The lowest BCUT2D eigenvalue weighted by atomic mass is 10.2. The summed E-state index contributed by atoms with van der Waals surface area (Å²) in [7, 11) is 0. The molecule has 0 atom stereocenters. The fourth-order valence-electron chi connectivity index (χ4n) is 1.84. The Morgan fingerprint density at radius 3 is 2.27 bits per heavy atom. The Hall–Kier alpha value is -2.32. The molecular weight excluding hydrogens is 342 g/mol. The van der Waals surface area contributed by atoms with Crippen LogP contribution in [0.2, 0.25) is 0 Å². The van der Waals surface area contributed by atoms with Gasteiger partial charge in [-0.2, -0.15) is 0 Å². The molecule has 1 aromatic carbocycles. The molecule has 26 heavy (non-hydrogen) atoms. The number of hydrogen-bond donors (Lipinski definition) is 2. The van der Waals surface area contributed by atoms with Gasteiger partial charge in [0.2, 0.25) is 0 Å². The summed E-state index contributed by atoms with van der Waals surface area (Å²) in [5, 5.41) is 11.6. The van der Waals surface area contributed by atoms with Crippen LogP contribution in [0.4, 0.5) is 4.79 Å². The molecule has 0 aromatic heterocycles. The maximum absolute atomic E-state index is 11.4. The Balaban J connectivity index is 2.00. The number of benzene rings is 1. The SMILES string of the molecule is CC(C)(C)OC(=O)NCCOCCOCCOc1ccccc1C(=O)O. The van der Waals surface area contributed by atoms with Crippen LogP contribution in [0, 0.1) is 0 Å². The van der Waals surface area contributed by atoms with Gasteiger partial charge in [-0.05, 0) is 32.9 Å². The molecule has 0 heterocycles. The number of carbonyl (C=O) groups is 2. The highest BCUT2D eigenvalue weighted by atomic mass is 16.6. The summed E-state index contributed by atoms with van der Waals surface area (Å²) in [6, 6.07) is 6.44. The Morgan fingerprint density at radius 2 is 1.62 bits per heavy atom. The van der Waals surface area contributed by atoms with E-state index in [2.05, 4.69) is 5.32 Å². The maximum atomic E-state index is 11.4. The molecule has 0 spiro atoms. The molecule has 0 fully saturated rings. The lowest BCUT2D eigenvalue weighted by Crippen LogP contribution is -2.34. The van der Waals surface area contributed by atoms with Gasteiger partial charge in [0.25, 0.3) is 0 Å². The summed E-state index contributed by atoms with van der Waals surface area (Å²) in [5.74, 6) is -0.719. The van der Waals surface area contributed by atoms with E-state index in [1.54, 1.807) is 39.0 Å². The van der Waals surface area contributed by atoms with E-state index >= 15 is 0 Å². The molecule has 0 aliphatic rings. The summed E-state index contributed by atoms with van der Waals surface area (Å²) >= 11 is 0. The number of carbonyl (C=O) groups excluding carboxylic acids is 1. The third-order valence-corrected chi connectivity index (χ3v) is 2.89. The minimum atomic E-state index is -1.03. The van der Waals surface area contributed by atoms with Crippen LogP contribution in [0.25, 0.3) is 0 Å². The van der Waals surface area contributed by atoms with Crippen LogP contribution in [0.5, 0.6) is 5.75 Å². The van der Waals surface area contributed by atoms with Crippen LogP contribution in [0.15, 0.2) is 24.3 Å². The standard InChI is InChI=1S/C18H27NO7/c1-18(2,3)26-17(22)19-8-9-23-10-11-24-12-13-25-15-7-5-4-6-14(15)16(20)21/h4-7H,8-13H2,1-3H3,(H,19,22)(H,20,21). The molecule has 146 valence electrons. The third kappa shape index (κ3) is 9.85. The summed E-state index contributed by atoms with van der Waals surface area (Å²) in [5.41, 5.74) is -0.403. The minimum Gasteiger partial charge on any atom is -0.490 e. The zero-order valence-electron chi connectivity index (χ0n) is 15.4. The number of para-hydroxylation sites is 1. The van der Waals surface area contributed by atoms with Crippen LogP contribution in [-0.2, 0) is 14.2 Å². The zero-order valence-corrected chi connectivity index (χ0v) is 15.4. The number of rotatable bonds is 11. The van der Waals surface area contributed by atoms with Gasteiger partial charge >= 0.3 is 12.1 Å². The van der Waals surface area contributed by atoms with Crippen molar-refractivity contribution in [2.75, 3.05) is 39.6 Å². The van der Waals surface area contributed by atoms with Crippen molar-refractivity contribution in [2.45, 2.75) is 26.4 Å². The van der Waals surface area contributed by atoms with Gasteiger partial charge in [-0.3, -0.25) is 0 Å². The van der Waals surface area contributed by atoms with Crippen LogP contribution in [0.3, 0.4) is 0 Å². The van der Waals surface area contributed by atoms with Gasteiger partial charge in [-0.25, -0.2) is 9.59 Å². The monoisotopic (exact) mass is 369 g/mol. The first-order valence-corrected chi connectivity index (χ1v) is 8.37. The van der Waals surface area contributed by atoms with Gasteiger partial charge < -0.3 is 29.4 Å². The lowest BCUT2D eigenvalue weighted by molar-refractivity contribution is 0.0325. The topological polar surface area (TPSA) is 103 Å². The Kier molecular flexibility index (Phi) is 9.46. The number of carboxylic acid groups (broad SMARTS) is 1. The van der Waals surface area contributed by atoms with E-state index in [0.29, 0.717) is 38.7 Å². The van der Waals surface area contributed by atoms with Crippen LogP contribution >= 0.6 is 0 Å². The van der Waals surface area contributed by atoms with Crippen molar-refractivity contribution in [3.05, 3.63) is 29.8 Å². The molecule has 0 saturated heterocycles. The van der Waals surface area contributed by atoms with E-state index in [1.807, 2.05) is 0 Å². The highest BCUT2D eigenvalue weighted by Gasteiger charge is 2.15. The number of ether oxygens (including phenoxy) is 4. The van der Waals surface area contributed by atoms with E-state index in [1.165, 1.54) is 6.07 Å². The van der Waals surface area contributed by atoms with Gasteiger partial charge in [-0.1, -0.05) is 12.1 Å². The number of alkyl carbamates (subject to hydrolysis) is 1. The van der Waals surface area contributed by atoms with Crippen molar-refractivity contribution in [1.29, 1.82) is 0 Å². The third-order valence-electron chi connectivity index (χ3n) is 2.89. The summed E-state index contributed by atoms with van der Waals surface area (Å²) in [4.78, 5) is 22.4. The molecule has 0 aliphatic heterocycles. The summed E-state index contributed by atoms with van der Waals surface area (Å²) in [6.45, 7) is 7.39. The number of nitrogens with one attached hydrogen (secondary N) is 1. The molecule has 0 saturated carbocycles. The average molecular weight is 369 g/mol. The van der Waals surface area contributed by atoms with Gasteiger partial charge in [0.15, 0.2) is 0 Å². The number of hydrogen-bond acceptors (Lipinski definition) is 6. The Bertz CT molecular complexity index is 569. The van der Waals surface area contributed by atoms with Crippen LogP contribution in [-0.4, -0.2) is 62.3 Å². The Labute approximate surface area is 153 Å². The quantitative estimate of drug-likeness (QED) is 0.577. The van der Waals surface area contributed by atoms with E-state index in [4.69, 9.17) is 24.1 Å². The van der Waals surface area contributed by atoms with Gasteiger partial charge in [-0.15, -0.1) is 0 Å². The zero-order chi connectivity index (χ0) is 19.4. The van der Waals surface area contributed by atoms with E-state index in [-0.39, 0.29) is 12.2 Å². The lowest BCUT2D eigenvalue weighted by Gasteiger charge is -2.19. The molecule has 1 rings (SSSR count). The highest BCUT2D eigenvalue weighted by Crippen LogP contribution is 2.17. The molecule has 0 bridgehead atoms. The minimum absolute atomic E-state index is 0.119. The molecule has 1 aromatic rings. The second kappa shape index (κ2) is 11.3. The first kappa shape index (κ1) is 21.7. The maximum Gasteiger partial charge on any atom is 0.407 e. The molecule has 8 heteroatoms. The van der Waals surface area contributed by atoms with Crippen LogP contribution < -0.4 is 10.1 Å². The van der Waals surface area contributed by atoms with E-state index in [9.17, 15) is 9.59 Å². The molecule has 2 N–H and O–H groups in total. The van der Waals surface area contributed by atoms with E-state index < -0.39 is 17.7 Å². The first-order valence-electron chi connectivity index (χ1n) is 8.37. The van der Waals surface area contributed by atoms with Crippen molar-refractivity contribution >= 4 is 12.1 Å². The molecule has 0 aliphatic carbocycles. The van der Waals surface area contributed by atoms with Crippen molar-refractivity contribution in [3.63, 3.8) is 0 Å². The smallest absolute Gasteiger partial charge is 0.407 e. The van der Waals surface area contributed by atoms with Crippen molar-refractivity contribution in [1.82, 2.24) is 5.32 Å². The molecule has 0 unspecified atom stereocenters. The normalized spacial score (nSPS) is 11.0. The van der Waals surface area contributed by atoms with Crippen molar-refractivity contribution in [2.24, 2.45) is 0 Å². The second-order valence-electron chi connectivity index (χ2n) is 6.30.